The molecule has 2 aromatic rings. The zero-order valence-electron chi connectivity index (χ0n) is 13.2. The number of para-hydroxylation sites is 1. The Morgan fingerprint density at radius 1 is 1.00 bits per heavy atom. The Kier molecular flexibility index (Phi) is 11.8. The van der Waals surface area contributed by atoms with E-state index in [4.69, 9.17) is 19.8 Å². The molecule has 0 saturated heterocycles. The first-order valence-corrected chi connectivity index (χ1v) is 8.38. The summed E-state index contributed by atoms with van der Waals surface area (Å²) in [4.78, 5) is 18.0. The molecule has 0 saturated carbocycles. The standard InChI is InChI=1S/C13H11BrN.2C2H4O2.Pd/c14-13-9-5-4-6-11(13)10-15-12-7-2-1-3-8-12;2*1-2(3)4;/h1-5,7-9,15H,10H2;2*1H3,(H,3,4);. The third-order valence-electron chi connectivity index (χ3n) is 2.28. The number of halogens is 1. The van der Waals surface area contributed by atoms with E-state index in [2.05, 4.69) is 64.7 Å². The molecule has 2 aromatic carbocycles. The molecular weight excluding hydrogens is 469 g/mol. The van der Waals surface area contributed by atoms with Crippen molar-refractivity contribution in [3.05, 3.63) is 58.6 Å². The minimum Gasteiger partial charge on any atom is -0.481 e. The molecule has 7 heteroatoms. The molecule has 0 spiro atoms. The maximum Gasteiger partial charge on any atom is 0.300 e. The molecule has 133 valence electrons. The molecule has 2 rings (SSSR count). The first-order chi connectivity index (χ1) is 11.2. The molecule has 0 aliphatic heterocycles. The van der Waals surface area contributed by atoms with Crippen molar-refractivity contribution in [2.24, 2.45) is 0 Å². The summed E-state index contributed by atoms with van der Waals surface area (Å²) in [5.74, 6) is -1.67. The van der Waals surface area contributed by atoms with Gasteiger partial charge in [0.15, 0.2) is 0 Å². The average Bonchev–Trinajstić information content (AvgIpc) is 2.46. The van der Waals surface area contributed by atoms with Gasteiger partial charge >= 0.3 is 115 Å². The van der Waals surface area contributed by atoms with Gasteiger partial charge in [-0.2, -0.15) is 0 Å². The van der Waals surface area contributed by atoms with Gasteiger partial charge in [-0.1, -0.05) is 0 Å². The number of anilines is 1. The molecule has 0 fully saturated rings. The summed E-state index contributed by atoms with van der Waals surface area (Å²) in [5, 5.41) is 18.2. The van der Waals surface area contributed by atoms with Crippen LogP contribution in [0.4, 0.5) is 5.69 Å². The zero-order valence-corrected chi connectivity index (χ0v) is 16.4. The second-order valence-electron chi connectivity index (χ2n) is 4.42. The molecule has 0 amide bonds. The van der Waals surface area contributed by atoms with E-state index >= 15 is 0 Å². The summed E-state index contributed by atoms with van der Waals surface area (Å²) in [6.45, 7) is 2.97. The Balaban J connectivity index is 0.000000558. The number of carbonyl (C=O) groups is 2. The van der Waals surface area contributed by atoms with Gasteiger partial charge < -0.3 is 10.2 Å². The number of hydrogen-bond donors (Lipinski definition) is 3. The van der Waals surface area contributed by atoms with Crippen molar-refractivity contribution in [2.75, 3.05) is 5.32 Å². The minimum absolute atomic E-state index is 0.807. The van der Waals surface area contributed by atoms with Crippen molar-refractivity contribution in [1.82, 2.24) is 0 Å². The maximum absolute atomic E-state index is 9.00. The van der Waals surface area contributed by atoms with Crippen molar-refractivity contribution in [1.29, 1.82) is 0 Å². The number of hydrogen-bond acceptors (Lipinski definition) is 3. The van der Waals surface area contributed by atoms with E-state index in [1.54, 1.807) is 0 Å². The first-order valence-electron chi connectivity index (χ1n) is 6.81. The summed E-state index contributed by atoms with van der Waals surface area (Å²) in [5.41, 5.74) is 2.38. The molecule has 0 unspecified atom stereocenters. The van der Waals surface area contributed by atoms with Crippen LogP contribution in [0.15, 0.2) is 53.0 Å². The Morgan fingerprint density at radius 3 is 1.96 bits per heavy atom. The van der Waals surface area contributed by atoms with Crippen LogP contribution in [0.2, 0.25) is 0 Å². The van der Waals surface area contributed by atoms with E-state index in [0.717, 1.165) is 34.6 Å². The van der Waals surface area contributed by atoms with Gasteiger partial charge in [0.1, 0.15) is 0 Å². The number of nitrogens with one attached hydrogen (secondary N) is 1. The van der Waals surface area contributed by atoms with Crippen molar-refractivity contribution in [2.45, 2.75) is 20.4 Å². The molecule has 24 heavy (non-hydrogen) atoms. The smallest absolute Gasteiger partial charge is 0.300 e. The monoisotopic (exact) mass is 486 g/mol. The number of carboxylic acid groups (broad SMARTS) is 2. The second kappa shape index (κ2) is 12.7. The normalized spacial score (nSPS) is 8.88. The SMILES string of the molecule is Brc1ccc[c]([Pd])c1CNc1ccccc1.CC(=O)O.CC(=O)O. The van der Waals surface area contributed by atoms with Crippen LogP contribution in [0.25, 0.3) is 0 Å². The van der Waals surface area contributed by atoms with Crippen LogP contribution in [0.1, 0.15) is 19.4 Å². The van der Waals surface area contributed by atoms with Crippen molar-refractivity contribution < 1.29 is 39.0 Å². The van der Waals surface area contributed by atoms with E-state index in [1.165, 1.54) is 5.56 Å². The van der Waals surface area contributed by atoms with Gasteiger partial charge in [0, 0.05) is 13.8 Å². The van der Waals surface area contributed by atoms with Gasteiger partial charge in [-0.3, -0.25) is 9.59 Å². The molecule has 0 aromatic heterocycles. The van der Waals surface area contributed by atoms with Crippen LogP contribution >= 0.6 is 15.9 Å². The molecule has 3 N–H and O–H groups in total. The van der Waals surface area contributed by atoms with E-state index < -0.39 is 11.9 Å². The Bertz CT molecular complexity index is 610. The van der Waals surface area contributed by atoms with E-state index in [-0.39, 0.29) is 0 Å². The predicted octanol–water partition coefficient (Wildman–Crippen LogP) is 3.42. The maximum atomic E-state index is 9.00. The predicted molar refractivity (Wildman–Crippen MR) is 94.2 cm³/mol. The summed E-state index contributed by atoms with van der Waals surface area (Å²) < 4.78 is 2.28. The molecular formula is C17H19BrNO4Pd. The van der Waals surface area contributed by atoms with Crippen molar-refractivity contribution in [3.8, 4) is 0 Å². The van der Waals surface area contributed by atoms with Crippen LogP contribution in [0, 0.1) is 0 Å². The Hall–Kier alpha value is -1.68. The number of carboxylic acids is 2. The minimum atomic E-state index is -0.833. The fourth-order valence-electron chi connectivity index (χ4n) is 1.43. The third-order valence-corrected chi connectivity index (χ3v) is 3.75. The first kappa shape index (κ1) is 22.3. The molecule has 5 nitrogen and oxygen atoms in total. The number of rotatable bonds is 3. The number of aliphatic carboxylic acids is 2. The molecule has 0 aliphatic rings. The van der Waals surface area contributed by atoms with Gasteiger partial charge in [-0.25, -0.2) is 0 Å². The Labute approximate surface area is 160 Å². The molecule has 0 aliphatic carbocycles. The molecule has 0 bridgehead atoms. The number of benzene rings is 2. The topological polar surface area (TPSA) is 86.6 Å². The summed E-state index contributed by atoms with van der Waals surface area (Å²) in [6, 6.07) is 16.3. The largest absolute Gasteiger partial charge is 0.481 e. The van der Waals surface area contributed by atoms with Gasteiger partial charge in [0.05, 0.1) is 0 Å². The zero-order chi connectivity index (χ0) is 18.5. The summed E-state index contributed by atoms with van der Waals surface area (Å²) in [7, 11) is 0. The third kappa shape index (κ3) is 11.8. The summed E-state index contributed by atoms with van der Waals surface area (Å²) in [6.07, 6.45) is 0. The molecule has 0 heterocycles. The van der Waals surface area contributed by atoms with Gasteiger partial charge in [0.2, 0.25) is 0 Å². The fourth-order valence-corrected chi connectivity index (χ4v) is 2.68. The second-order valence-corrected chi connectivity index (χ2v) is 6.12. The fraction of sp³-hybridized carbons (Fsp3) is 0.176. The van der Waals surface area contributed by atoms with Gasteiger partial charge in [-0.15, -0.1) is 0 Å². The van der Waals surface area contributed by atoms with E-state index in [9.17, 15) is 0 Å². The van der Waals surface area contributed by atoms with Gasteiger partial charge in [-0.05, 0) is 0 Å². The molecule has 0 atom stereocenters. The molecule has 0 radical (unpaired) electrons. The van der Waals surface area contributed by atoms with E-state index in [0.29, 0.717) is 0 Å². The van der Waals surface area contributed by atoms with Crippen molar-refractivity contribution in [3.63, 3.8) is 0 Å². The van der Waals surface area contributed by atoms with Crippen LogP contribution in [0.5, 0.6) is 0 Å². The van der Waals surface area contributed by atoms with Crippen LogP contribution in [-0.4, -0.2) is 22.2 Å². The van der Waals surface area contributed by atoms with Gasteiger partial charge in [0.25, 0.3) is 11.9 Å². The van der Waals surface area contributed by atoms with E-state index in [1.807, 2.05) is 24.3 Å². The Morgan fingerprint density at radius 2 is 1.50 bits per heavy atom. The quantitative estimate of drug-likeness (QED) is 0.578. The van der Waals surface area contributed by atoms with Crippen LogP contribution in [-0.2, 0) is 35.3 Å². The van der Waals surface area contributed by atoms with Crippen LogP contribution in [0.3, 0.4) is 0 Å². The average molecular weight is 488 g/mol. The van der Waals surface area contributed by atoms with Crippen molar-refractivity contribution >= 4 is 37.6 Å². The summed E-state index contributed by atoms with van der Waals surface area (Å²) >= 11 is 6.82. The van der Waals surface area contributed by atoms with Crippen LogP contribution < -0.4 is 9.35 Å².